The summed E-state index contributed by atoms with van der Waals surface area (Å²) in [6.45, 7) is 3.58. The number of unbranched alkanes of at least 4 members (excludes halogenated alkanes) is 2. The fraction of sp³-hybridized carbons (Fsp3) is 0.389. The van der Waals surface area contributed by atoms with Gasteiger partial charge in [0.05, 0.1) is 6.61 Å². The molecule has 2 heterocycles. The van der Waals surface area contributed by atoms with E-state index in [4.69, 9.17) is 4.74 Å². The molecular weight excluding hydrogens is 336 g/mol. The highest BCUT2D eigenvalue weighted by Crippen LogP contribution is 2.30. The molecule has 0 bridgehead atoms. The Morgan fingerprint density at radius 2 is 2.20 bits per heavy atom. The molecule has 1 aliphatic rings. The summed E-state index contributed by atoms with van der Waals surface area (Å²) in [5, 5.41) is 12.8. The monoisotopic (exact) mass is 356 g/mol. The first-order valence-electron chi connectivity index (χ1n) is 8.40. The van der Waals surface area contributed by atoms with Crippen LogP contribution in [-0.2, 0) is 6.54 Å². The summed E-state index contributed by atoms with van der Waals surface area (Å²) in [6.07, 6.45) is 3.33. The van der Waals surface area contributed by atoms with E-state index in [0.29, 0.717) is 23.7 Å². The molecule has 0 saturated carbocycles. The summed E-state index contributed by atoms with van der Waals surface area (Å²) in [6, 6.07) is 9.14. The summed E-state index contributed by atoms with van der Waals surface area (Å²) in [7, 11) is 0. The van der Waals surface area contributed by atoms with Gasteiger partial charge in [0.2, 0.25) is 0 Å². The number of nitrogens with zero attached hydrogens (tertiary/aromatic N) is 3. The molecule has 0 unspecified atom stereocenters. The number of imidazole rings is 1. The number of nitrogens with one attached hydrogen (secondary N) is 1. The maximum absolute atomic E-state index is 12.4. The van der Waals surface area contributed by atoms with Crippen LogP contribution in [0.4, 0.5) is 5.82 Å². The maximum atomic E-state index is 12.4. The van der Waals surface area contributed by atoms with Crippen molar-refractivity contribution in [3.63, 3.8) is 0 Å². The second-order valence-electron chi connectivity index (χ2n) is 5.74. The number of anilines is 1. The molecule has 0 spiro atoms. The van der Waals surface area contributed by atoms with Crippen molar-refractivity contribution in [2.45, 2.75) is 37.9 Å². The first-order valence-corrected chi connectivity index (χ1v) is 9.39. The van der Waals surface area contributed by atoms with E-state index in [1.54, 1.807) is 36.0 Å². The van der Waals surface area contributed by atoms with Crippen LogP contribution in [0.1, 0.15) is 42.2 Å². The molecule has 1 amide bonds. The quantitative estimate of drug-likeness (QED) is 0.766. The molecule has 2 aromatic rings. The van der Waals surface area contributed by atoms with Gasteiger partial charge < -0.3 is 14.6 Å². The van der Waals surface area contributed by atoms with E-state index in [0.717, 1.165) is 42.5 Å². The highest BCUT2D eigenvalue weighted by Gasteiger charge is 2.23. The van der Waals surface area contributed by atoms with Gasteiger partial charge in [0.15, 0.2) is 16.7 Å². The molecule has 1 aliphatic heterocycles. The van der Waals surface area contributed by atoms with Crippen molar-refractivity contribution in [2.24, 2.45) is 0 Å². The van der Waals surface area contributed by atoms with Crippen LogP contribution in [0.3, 0.4) is 0 Å². The summed E-state index contributed by atoms with van der Waals surface area (Å²) >= 11 is 1.59. The average Bonchev–Trinajstić information content (AvgIpc) is 3.19. The number of nitriles is 1. The normalized spacial score (nSPS) is 12.5. The Hall–Kier alpha value is -2.46. The zero-order valence-corrected chi connectivity index (χ0v) is 14.9. The molecule has 0 radical (unpaired) electrons. The minimum absolute atomic E-state index is 0.282. The minimum Gasteiger partial charge on any atom is -0.494 e. The standard InChI is InChI=1S/C18H20N4O2S/c1-2-3-4-10-24-14-7-5-13(6-8-14)17(23)20-16-15(12-19)22-9-11-25-18(22)21-16/h5-8H,2-4,9-11H2,1H3,(H,20,23). The lowest BCUT2D eigenvalue weighted by atomic mass is 10.2. The van der Waals surface area contributed by atoms with Gasteiger partial charge in [0.1, 0.15) is 11.8 Å². The smallest absolute Gasteiger partial charge is 0.256 e. The number of amides is 1. The number of hydrogen-bond donors (Lipinski definition) is 1. The van der Waals surface area contributed by atoms with Crippen LogP contribution in [0.2, 0.25) is 0 Å². The molecule has 6 nitrogen and oxygen atoms in total. The molecule has 130 valence electrons. The Labute approximate surface area is 151 Å². The van der Waals surface area contributed by atoms with E-state index in [9.17, 15) is 10.1 Å². The van der Waals surface area contributed by atoms with Crippen molar-refractivity contribution in [2.75, 3.05) is 17.7 Å². The van der Waals surface area contributed by atoms with E-state index < -0.39 is 0 Å². The van der Waals surface area contributed by atoms with Gasteiger partial charge >= 0.3 is 0 Å². The zero-order valence-electron chi connectivity index (χ0n) is 14.1. The Morgan fingerprint density at radius 1 is 1.40 bits per heavy atom. The minimum atomic E-state index is -0.282. The molecule has 25 heavy (non-hydrogen) atoms. The highest BCUT2D eigenvalue weighted by atomic mass is 32.2. The van der Waals surface area contributed by atoms with Crippen molar-refractivity contribution in [1.29, 1.82) is 5.26 Å². The summed E-state index contributed by atoms with van der Waals surface area (Å²) in [4.78, 5) is 16.8. The molecule has 0 saturated heterocycles. The molecular formula is C18H20N4O2S. The van der Waals surface area contributed by atoms with Crippen LogP contribution in [-0.4, -0.2) is 27.8 Å². The Bertz CT molecular complexity index is 793. The van der Waals surface area contributed by atoms with Crippen molar-refractivity contribution in [1.82, 2.24) is 9.55 Å². The summed E-state index contributed by atoms with van der Waals surface area (Å²) in [5.41, 5.74) is 0.912. The van der Waals surface area contributed by atoms with Crippen LogP contribution in [0.25, 0.3) is 0 Å². The molecule has 0 aliphatic carbocycles. The molecule has 0 atom stereocenters. The Morgan fingerprint density at radius 3 is 2.92 bits per heavy atom. The number of benzene rings is 1. The second-order valence-corrected chi connectivity index (χ2v) is 6.80. The van der Waals surface area contributed by atoms with E-state index in [1.165, 1.54) is 0 Å². The Kier molecular flexibility index (Phi) is 5.61. The topological polar surface area (TPSA) is 79.9 Å². The number of carbonyl (C=O) groups excluding carboxylic acids is 1. The van der Waals surface area contributed by atoms with Gasteiger partial charge in [-0.15, -0.1) is 0 Å². The van der Waals surface area contributed by atoms with Crippen LogP contribution in [0, 0.1) is 11.3 Å². The predicted molar refractivity (Wildman–Crippen MR) is 97.1 cm³/mol. The number of carbonyl (C=O) groups is 1. The predicted octanol–water partition coefficient (Wildman–Crippen LogP) is 3.68. The lowest BCUT2D eigenvalue weighted by molar-refractivity contribution is 0.102. The third kappa shape index (κ3) is 3.97. The number of aromatic nitrogens is 2. The SMILES string of the molecule is CCCCCOc1ccc(C(=O)Nc2nc3n(c2C#N)CCS3)cc1. The molecule has 0 fully saturated rings. The summed E-state index contributed by atoms with van der Waals surface area (Å²) in [5.74, 6) is 1.71. The third-order valence-corrected chi connectivity index (χ3v) is 4.91. The van der Waals surface area contributed by atoms with Crippen LogP contribution in [0.5, 0.6) is 5.75 Å². The van der Waals surface area contributed by atoms with E-state index >= 15 is 0 Å². The number of thioether (sulfide) groups is 1. The van der Waals surface area contributed by atoms with E-state index in [2.05, 4.69) is 23.3 Å². The van der Waals surface area contributed by atoms with E-state index in [1.807, 2.05) is 4.57 Å². The van der Waals surface area contributed by atoms with Gasteiger partial charge in [-0.2, -0.15) is 5.26 Å². The second kappa shape index (κ2) is 8.08. The first kappa shape index (κ1) is 17.4. The lowest BCUT2D eigenvalue weighted by Gasteiger charge is -2.07. The molecule has 1 N–H and O–H groups in total. The van der Waals surface area contributed by atoms with Gasteiger partial charge in [-0.3, -0.25) is 4.79 Å². The number of hydrogen-bond acceptors (Lipinski definition) is 5. The number of ether oxygens (including phenoxy) is 1. The van der Waals surface area contributed by atoms with Crippen molar-refractivity contribution in [3.8, 4) is 11.8 Å². The first-order chi connectivity index (χ1) is 12.2. The van der Waals surface area contributed by atoms with Crippen molar-refractivity contribution >= 4 is 23.5 Å². The molecule has 3 rings (SSSR count). The third-order valence-electron chi connectivity index (χ3n) is 3.95. The zero-order chi connectivity index (χ0) is 17.6. The van der Waals surface area contributed by atoms with Crippen molar-refractivity contribution < 1.29 is 9.53 Å². The molecule has 1 aromatic heterocycles. The number of rotatable bonds is 7. The fourth-order valence-electron chi connectivity index (χ4n) is 2.60. The van der Waals surface area contributed by atoms with Gasteiger partial charge in [0.25, 0.3) is 5.91 Å². The van der Waals surface area contributed by atoms with Gasteiger partial charge in [0, 0.05) is 17.9 Å². The van der Waals surface area contributed by atoms with Gasteiger partial charge in [-0.25, -0.2) is 4.98 Å². The number of fused-ring (bicyclic) bond motifs is 1. The fourth-order valence-corrected chi connectivity index (χ4v) is 3.55. The highest BCUT2D eigenvalue weighted by molar-refractivity contribution is 7.99. The molecule has 1 aromatic carbocycles. The van der Waals surface area contributed by atoms with E-state index in [-0.39, 0.29) is 5.91 Å². The van der Waals surface area contributed by atoms with Crippen LogP contribution in [0.15, 0.2) is 29.4 Å². The van der Waals surface area contributed by atoms with Crippen LogP contribution < -0.4 is 10.1 Å². The van der Waals surface area contributed by atoms with Gasteiger partial charge in [-0.1, -0.05) is 31.5 Å². The molecule has 7 heteroatoms. The Balaban J connectivity index is 1.63. The maximum Gasteiger partial charge on any atom is 0.256 e. The average molecular weight is 356 g/mol. The van der Waals surface area contributed by atoms with Crippen LogP contribution >= 0.6 is 11.8 Å². The van der Waals surface area contributed by atoms with Crippen molar-refractivity contribution in [3.05, 3.63) is 35.5 Å². The summed E-state index contributed by atoms with van der Waals surface area (Å²) < 4.78 is 7.49. The van der Waals surface area contributed by atoms with Gasteiger partial charge in [-0.05, 0) is 30.7 Å². The lowest BCUT2D eigenvalue weighted by Crippen LogP contribution is -2.13. The largest absolute Gasteiger partial charge is 0.494 e.